The summed E-state index contributed by atoms with van der Waals surface area (Å²) in [5, 5.41) is 12.0. The van der Waals surface area contributed by atoms with Gasteiger partial charge in [0.1, 0.15) is 11.8 Å². The highest BCUT2D eigenvalue weighted by Gasteiger charge is 2.03. The van der Waals surface area contributed by atoms with Crippen LogP contribution in [0.25, 0.3) is 11.6 Å². The molecular formula is C8H4N4O. The van der Waals surface area contributed by atoms with E-state index in [1.165, 1.54) is 12.5 Å². The number of nitriles is 1. The van der Waals surface area contributed by atoms with Gasteiger partial charge in [0.2, 0.25) is 0 Å². The summed E-state index contributed by atoms with van der Waals surface area (Å²) in [7, 11) is 0. The van der Waals surface area contributed by atoms with E-state index < -0.39 is 0 Å². The third kappa shape index (κ3) is 1.37. The lowest BCUT2D eigenvalue weighted by molar-refractivity contribution is 0.429. The highest BCUT2D eigenvalue weighted by molar-refractivity contribution is 5.47. The lowest BCUT2D eigenvalue weighted by Gasteiger charge is -1.91. The van der Waals surface area contributed by atoms with Crippen molar-refractivity contribution in [2.24, 2.45) is 0 Å². The normalized spacial score (nSPS) is 9.46. The Bertz CT molecular complexity index is 426. The fourth-order valence-electron chi connectivity index (χ4n) is 0.872. The Hall–Kier alpha value is -2.22. The minimum atomic E-state index is 0.351. The molecule has 0 N–H and O–H groups in total. The predicted octanol–water partition coefficient (Wildman–Crippen LogP) is 1.00. The van der Waals surface area contributed by atoms with E-state index in [0.717, 1.165) is 0 Å². The standard InChI is InChI=1S/C8H4N4O/c9-3-6-1-2-7(10-4-6)8-11-5-12-13-8/h1-2,4-5H. The Morgan fingerprint density at radius 2 is 2.23 bits per heavy atom. The third-order valence-corrected chi connectivity index (χ3v) is 1.47. The van der Waals surface area contributed by atoms with Gasteiger partial charge in [0.05, 0.1) is 5.56 Å². The Kier molecular flexibility index (Phi) is 1.73. The van der Waals surface area contributed by atoms with Gasteiger partial charge in [0.15, 0.2) is 6.33 Å². The van der Waals surface area contributed by atoms with Gasteiger partial charge in [-0.15, -0.1) is 0 Å². The Morgan fingerprint density at radius 1 is 1.31 bits per heavy atom. The summed E-state index contributed by atoms with van der Waals surface area (Å²) in [6.45, 7) is 0. The SMILES string of the molecule is N#Cc1ccc(-c2ncno2)nc1. The maximum Gasteiger partial charge on any atom is 0.276 e. The second kappa shape index (κ2) is 3.03. The number of nitrogens with zero attached hydrogens (tertiary/aromatic N) is 4. The first-order valence-electron chi connectivity index (χ1n) is 3.53. The number of aromatic nitrogens is 3. The van der Waals surface area contributed by atoms with Crippen molar-refractivity contribution in [3.8, 4) is 17.7 Å². The van der Waals surface area contributed by atoms with Gasteiger partial charge in [-0.3, -0.25) is 0 Å². The molecule has 0 saturated carbocycles. The first-order valence-corrected chi connectivity index (χ1v) is 3.53. The van der Waals surface area contributed by atoms with Gasteiger partial charge < -0.3 is 4.52 Å². The second-order valence-electron chi connectivity index (χ2n) is 2.29. The molecule has 0 spiro atoms. The summed E-state index contributed by atoms with van der Waals surface area (Å²) >= 11 is 0. The molecule has 0 aliphatic carbocycles. The predicted molar refractivity (Wildman–Crippen MR) is 42.2 cm³/mol. The van der Waals surface area contributed by atoms with E-state index in [2.05, 4.69) is 15.1 Å². The lowest BCUT2D eigenvalue weighted by Crippen LogP contribution is -1.83. The molecule has 0 aromatic carbocycles. The molecule has 0 saturated heterocycles. The molecule has 2 aromatic rings. The molecule has 0 aliphatic heterocycles. The van der Waals surface area contributed by atoms with Crippen LogP contribution in [-0.4, -0.2) is 15.1 Å². The fraction of sp³-hybridized carbons (Fsp3) is 0. The fourth-order valence-corrected chi connectivity index (χ4v) is 0.872. The first-order chi connectivity index (χ1) is 6.40. The maximum atomic E-state index is 8.52. The van der Waals surface area contributed by atoms with Gasteiger partial charge in [-0.2, -0.15) is 10.2 Å². The van der Waals surface area contributed by atoms with E-state index in [1.54, 1.807) is 12.1 Å². The topological polar surface area (TPSA) is 75.6 Å². The Balaban J connectivity index is 2.40. The van der Waals surface area contributed by atoms with Crippen LogP contribution in [0.2, 0.25) is 0 Å². The summed E-state index contributed by atoms with van der Waals surface area (Å²) < 4.78 is 4.79. The molecule has 2 aromatic heterocycles. The second-order valence-corrected chi connectivity index (χ2v) is 2.29. The molecule has 0 aliphatic rings. The van der Waals surface area contributed by atoms with E-state index in [1.807, 2.05) is 6.07 Å². The van der Waals surface area contributed by atoms with Gasteiger partial charge >= 0.3 is 0 Å². The maximum absolute atomic E-state index is 8.52. The largest absolute Gasteiger partial charge is 0.333 e. The molecule has 0 radical (unpaired) electrons. The Morgan fingerprint density at radius 3 is 2.77 bits per heavy atom. The van der Waals surface area contributed by atoms with Crippen LogP contribution in [0.3, 0.4) is 0 Å². The number of pyridine rings is 1. The molecule has 62 valence electrons. The third-order valence-electron chi connectivity index (χ3n) is 1.47. The van der Waals surface area contributed by atoms with Crippen LogP contribution in [0.4, 0.5) is 0 Å². The van der Waals surface area contributed by atoms with E-state index >= 15 is 0 Å². The lowest BCUT2D eigenvalue weighted by atomic mass is 10.3. The number of rotatable bonds is 1. The van der Waals surface area contributed by atoms with Crippen LogP contribution in [0.15, 0.2) is 29.2 Å². The Labute approximate surface area is 73.7 Å². The molecule has 2 heterocycles. The van der Waals surface area contributed by atoms with Crippen molar-refractivity contribution < 1.29 is 4.52 Å². The van der Waals surface area contributed by atoms with Gasteiger partial charge in [-0.05, 0) is 12.1 Å². The monoisotopic (exact) mass is 172 g/mol. The van der Waals surface area contributed by atoms with E-state index in [-0.39, 0.29) is 0 Å². The van der Waals surface area contributed by atoms with E-state index in [9.17, 15) is 0 Å². The summed E-state index contributed by atoms with van der Waals surface area (Å²) in [6, 6.07) is 5.27. The average molecular weight is 172 g/mol. The molecule has 5 heteroatoms. The van der Waals surface area contributed by atoms with Crippen LogP contribution in [0.1, 0.15) is 5.56 Å². The zero-order valence-corrected chi connectivity index (χ0v) is 6.51. The first kappa shape index (κ1) is 7.43. The smallest absolute Gasteiger partial charge is 0.276 e. The molecule has 0 unspecified atom stereocenters. The van der Waals surface area contributed by atoms with E-state index in [0.29, 0.717) is 17.1 Å². The van der Waals surface area contributed by atoms with Crippen LogP contribution in [0.5, 0.6) is 0 Å². The van der Waals surface area contributed by atoms with Crippen molar-refractivity contribution >= 4 is 0 Å². The zero-order chi connectivity index (χ0) is 9.10. The molecule has 2 rings (SSSR count). The van der Waals surface area contributed by atoms with Crippen LogP contribution in [-0.2, 0) is 0 Å². The molecule has 0 amide bonds. The number of hydrogen-bond acceptors (Lipinski definition) is 5. The summed E-state index contributed by atoms with van der Waals surface area (Å²) in [6.07, 6.45) is 2.76. The minimum absolute atomic E-state index is 0.351. The summed E-state index contributed by atoms with van der Waals surface area (Å²) in [4.78, 5) is 7.79. The molecule has 0 atom stereocenters. The molecule has 0 bridgehead atoms. The molecule has 5 nitrogen and oxygen atoms in total. The van der Waals surface area contributed by atoms with E-state index in [4.69, 9.17) is 9.78 Å². The van der Waals surface area contributed by atoms with Crippen molar-refractivity contribution in [2.45, 2.75) is 0 Å². The van der Waals surface area contributed by atoms with Gasteiger partial charge in [0, 0.05) is 6.20 Å². The molecular weight excluding hydrogens is 168 g/mol. The highest BCUT2D eigenvalue weighted by Crippen LogP contribution is 2.12. The van der Waals surface area contributed by atoms with Crippen LogP contribution < -0.4 is 0 Å². The van der Waals surface area contributed by atoms with Gasteiger partial charge in [-0.25, -0.2) is 4.98 Å². The summed E-state index contributed by atoms with van der Waals surface area (Å²) in [5.41, 5.74) is 1.07. The van der Waals surface area contributed by atoms with Crippen LogP contribution in [0, 0.1) is 11.3 Å². The highest BCUT2D eigenvalue weighted by atomic mass is 16.5. The zero-order valence-electron chi connectivity index (χ0n) is 6.51. The summed E-state index contributed by atoms with van der Waals surface area (Å²) in [5.74, 6) is 0.351. The quantitative estimate of drug-likeness (QED) is 0.641. The minimum Gasteiger partial charge on any atom is -0.333 e. The van der Waals surface area contributed by atoms with Crippen molar-refractivity contribution in [1.29, 1.82) is 5.26 Å². The average Bonchev–Trinajstić information content (AvgIpc) is 2.71. The molecule has 0 fully saturated rings. The van der Waals surface area contributed by atoms with Crippen molar-refractivity contribution in [1.82, 2.24) is 15.1 Å². The van der Waals surface area contributed by atoms with Crippen LogP contribution >= 0.6 is 0 Å². The molecule has 13 heavy (non-hydrogen) atoms. The van der Waals surface area contributed by atoms with Crippen molar-refractivity contribution in [3.63, 3.8) is 0 Å². The van der Waals surface area contributed by atoms with Gasteiger partial charge in [-0.1, -0.05) is 5.16 Å². The number of hydrogen-bond donors (Lipinski definition) is 0. The van der Waals surface area contributed by atoms with Crippen molar-refractivity contribution in [2.75, 3.05) is 0 Å². The van der Waals surface area contributed by atoms with Crippen molar-refractivity contribution in [3.05, 3.63) is 30.2 Å². The van der Waals surface area contributed by atoms with Gasteiger partial charge in [0.25, 0.3) is 5.89 Å².